The van der Waals surface area contributed by atoms with Crippen LogP contribution in [-0.4, -0.2) is 215 Å². The molecule has 20 nitrogen and oxygen atoms in total. The summed E-state index contributed by atoms with van der Waals surface area (Å²) in [7, 11) is 0. The fourth-order valence-corrected chi connectivity index (χ4v) is 14.7. The highest BCUT2D eigenvalue weighted by molar-refractivity contribution is 5.19. The van der Waals surface area contributed by atoms with Crippen molar-refractivity contribution in [1.29, 1.82) is 0 Å². The van der Waals surface area contributed by atoms with E-state index >= 15 is 0 Å². The van der Waals surface area contributed by atoms with Crippen LogP contribution in [0.1, 0.15) is 98.8 Å². The van der Waals surface area contributed by atoms with E-state index < -0.39 is 140 Å². The van der Waals surface area contributed by atoms with Gasteiger partial charge in [0.25, 0.3) is 0 Å². The largest absolute Gasteiger partial charge is 0.396 e. The number of rotatable bonds is 15. The summed E-state index contributed by atoms with van der Waals surface area (Å²) in [6.07, 6.45) is -17.4. The number of allylic oxidation sites excluding steroid dienone is 1. The first-order valence-corrected chi connectivity index (χ1v) is 24.8. The average Bonchev–Trinajstić information content (AvgIpc) is 3.32. The molecule has 4 aliphatic carbocycles. The molecule has 7 fully saturated rings. The van der Waals surface area contributed by atoms with Crippen molar-refractivity contribution in [2.75, 3.05) is 39.6 Å². The summed E-state index contributed by atoms with van der Waals surface area (Å²) in [5.41, 5.74) is -1.83. The molecule has 0 amide bonds. The molecule has 3 heterocycles. The third-order valence-electron chi connectivity index (χ3n) is 19.2. The molecule has 394 valence electrons. The van der Waals surface area contributed by atoms with Gasteiger partial charge in [-0.2, -0.15) is 0 Å². The lowest BCUT2D eigenvalue weighted by Crippen LogP contribution is -2.69. The first kappa shape index (κ1) is 54.7. The van der Waals surface area contributed by atoms with E-state index in [1.54, 1.807) is 0 Å². The van der Waals surface area contributed by atoms with Crippen LogP contribution < -0.4 is 0 Å². The molecule has 14 N–H and O–H groups in total. The Morgan fingerprint density at radius 3 is 1.74 bits per heavy atom. The summed E-state index contributed by atoms with van der Waals surface area (Å²) >= 11 is 0. The lowest BCUT2D eigenvalue weighted by atomic mass is 9.33. The Bertz CT molecular complexity index is 1710. The molecule has 68 heavy (non-hydrogen) atoms. The SMILES string of the molecule is C/C(=C\CCC1(CO)CCC2(C)[C@@H](CC[C@@H]3C2(C)CC[C@@H]2C(C)(CO[C@H]4O[C@@H](CO)[C@H](O)[C@@H](O)[C@@H]4O)[C@H](O[C@H]4O[C@@H](CO)[C@H](O)[C@@H](O)[C@@H]4O[C@H]4O[C@@H](CO)[C@H](O)[C@@H](O)[C@@H]4O)CC[C@]23C)[C@@H]1O)CO. The molecule has 7 rings (SSSR count). The van der Waals surface area contributed by atoms with Crippen LogP contribution in [-0.2, 0) is 28.4 Å². The maximum atomic E-state index is 12.4. The molecule has 0 aromatic heterocycles. The topological polar surface area (TPSA) is 339 Å². The molecular formula is C48H82O20. The van der Waals surface area contributed by atoms with E-state index in [1.165, 1.54) is 0 Å². The van der Waals surface area contributed by atoms with Crippen molar-refractivity contribution in [3.63, 3.8) is 0 Å². The minimum Gasteiger partial charge on any atom is -0.396 e. The van der Waals surface area contributed by atoms with Gasteiger partial charge in [-0.3, -0.25) is 0 Å². The van der Waals surface area contributed by atoms with E-state index in [0.29, 0.717) is 38.5 Å². The molecule has 3 aliphatic heterocycles. The minimum atomic E-state index is -1.88. The summed E-state index contributed by atoms with van der Waals surface area (Å²) in [6.45, 7) is 8.24. The number of fused-ring (bicyclic) bond motifs is 5. The van der Waals surface area contributed by atoms with Crippen LogP contribution in [0.25, 0.3) is 0 Å². The van der Waals surface area contributed by atoms with E-state index in [1.807, 2.05) is 19.9 Å². The maximum absolute atomic E-state index is 12.4. The molecule has 0 radical (unpaired) electrons. The number of aliphatic hydroxyl groups is 14. The summed E-state index contributed by atoms with van der Waals surface area (Å²) in [4.78, 5) is 0. The molecule has 0 spiro atoms. The van der Waals surface area contributed by atoms with Gasteiger partial charge in [0, 0.05) is 10.8 Å². The lowest BCUT2D eigenvalue weighted by Gasteiger charge is -2.72. The van der Waals surface area contributed by atoms with Gasteiger partial charge in [-0.1, -0.05) is 39.3 Å². The van der Waals surface area contributed by atoms with Crippen molar-refractivity contribution < 1.29 is 99.9 Å². The van der Waals surface area contributed by atoms with Crippen molar-refractivity contribution in [3.8, 4) is 0 Å². The number of hydrogen-bond donors (Lipinski definition) is 14. The quantitative estimate of drug-likeness (QED) is 0.0619. The predicted molar refractivity (Wildman–Crippen MR) is 236 cm³/mol. The first-order chi connectivity index (χ1) is 32.1. The molecule has 20 heteroatoms. The Kier molecular flexibility index (Phi) is 16.9. The zero-order chi connectivity index (χ0) is 49.9. The second-order valence-corrected chi connectivity index (χ2v) is 22.6. The number of hydrogen-bond acceptors (Lipinski definition) is 20. The third-order valence-corrected chi connectivity index (χ3v) is 19.2. The van der Waals surface area contributed by atoms with Crippen molar-refractivity contribution in [2.24, 2.45) is 44.8 Å². The van der Waals surface area contributed by atoms with Gasteiger partial charge in [-0.05, 0) is 105 Å². The molecule has 4 saturated carbocycles. The smallest absolute Gasteiger partial charge is 0.187 e. The molecule has 0 aromatic rings. The monoisotopic (exact) mass is 979 g/mol. The highest BCUT2D eigenvalue weighted by Crippen LogP contribution is 2.75. The van der Waals surface area contributed by atoms with E-state index in [4.69, 9.17) is 28.4 Å². The number of aliphatic hydroxyl groups excluding tert-OH is 14. The molecule has 25 atom stereocenters. The fourth-order valence-electron chi connectivity index (χ4n) is 14.7. The van der Waals surface area contributed by atoms with Crippen LogP contribution in [0, 0.1) is 44.8 Å². The molecule has 0 bridgehead atoms. The minimum absolute atomic E-state index is 0.0487. The predicted octanol–water partition coefficient (Wildman–Crippen LogP) is -2.08. The summed E-state index contributed by atoms with van der Waals surface area (Å²) < 4.78 is 36.9. The normalized spacial score (nSPS) is 53.3. The van der Waals surface area contributed by atoms with Crippen LogP contribution in [0.3, 0.4) is 0 Å². The van der Waals surface area contributed by atoms with E-state index in [2.05, 4.69) is 20.8 Å². The van der Waals surface area contributed by atoms with Crippen molar-refractivity contribution in [2.45, 2.75) is 203 Å². The number of ether oxygens (including phenoxy) is 6. The van der Waals surface area contributed by atoms with Gasteiger partial charge < -0.3 is 99.9 Å². The highest BCUT2D eigenvalue weighted by atomic mass is 16.8. The van der Waals surface area contributed by atoms with Crippen LogP contribution in [0.15, 0.2) is 11.6 Å². The van der Waals surface area contributed by atoms with Crippen molar-refractivity contribution in [1.82, 2.24) is 0 Å². The van der Waals surface area contributed by atoms with Crippen LogP contribution >= 0.6 is 0 Å². The standard InChI is InChI=1S/C48H82O20/c1-23(17-49)7-6-12-48(21-53)16-15-46(4)24(40(48)62)8-9-29-44(2)13-11-30(45(3,28(44)10-14-47(29,46)5)22-63-41-37(60)34(57)31(54)25(18-50)64-41)67-43-39(36(59)33(56)27(20-52)66-43)68-42-38(61)35(58)32(55)26(19-51)65-42/h7,24-43,49-62H,6,8-22H2,1-5H3/b23-7+/t24-,25-,26-,27-,28-,29-,30+,31-,32-,33-,34+,35+,36+,37-,38-,39-,40-,41-,42+,43+,44+,45?,46?,47?,48?/m0/s1. The van der Waals surface area contributed by atoms with Gasteiger partial charge in [0.1, 0.15) is 73.2 Å². The van der Waals surface area contributed by atoms with Gasteiger partial charge in [0.2, 0.25) is 0 Å². The molecule has 7 aliphatic rings. The van der Waals surface area contributed by atoms with Crippen LogP contribution in [0.4, 0.5) is 0 Å². The fraction of sp³-hybridized carbons (Fsp3) is 0.958. The van der Waals surface area contributed by atoms with Crippen LogP contribution in [0.5, 0.6) is 0 Å². The molecular weight excluding hydrogens is 897 g/mol. The van der Waals surface area contributed by atoms with Crippen LogP contribution in [0.2, 0.25) is 0 Å². The Labute approximate surface area is 398 Å². The van der Waals surface area contributed by atoms with E-state index in [-0.39, 0.29) is 48.4 Å². The second-order valence-electron chi connectivity index (χ2n) is 22.6. The Morgan fingerprint density at radius 1 is 0.574 bits per heavy atom. The summed E-state index contributed by atoms with van der Waals surface area (Å²) in [5, 5.41) is 150. The third kappa shape index (κ3) is 9.19. The Hall–Kier alpha value is -1.06. The zero-order valence-electron chi connectivity index (χ0n) is 40.1. The van der Waals surface area contributed by atoms with Gasteiger partial charge in [0.15, 0.2) is 18.9 Å². The highest BCUT2D eigenvalue weighted by Gasteiger charge is 2.71. The second kappa shape index (κ2) is 21.0. The first-order valence-electron chi connectivity index (χ1n) is 24.8. The van der Waals surface area contributed by atoms with Gasteiger partial charge in [0.05, 0.1) is 51.8 Å². The summed E-state index contributed by atoms with van der Waals surface area (Å²) in [6, 6.07) is 0. The maximum Gasteiger partial charge on any atom is 0.187 e. The van der Waals surface area contributed by atoms with E-state index in [9.17, 15) is 71.5 Å². The Balaban J connectivity index is 1.21. The van der Waals surface area contributed by atoms with Gasteiger partial charge in [-0.15, -0.1) is 0 Å². The van der Waals surface area contributed by atoms with Crippen molar-refractivity contribution >= 4 is 0 Å². The van der Waals surface area contributed by atoms with E-state index in [0.717, 1.165) is 31.3 Å². The summed E-state index contributed by atoms with van der Waals surface area (Å²) in [5.74, 6) is -0.157. The Morgan fingerprint density at radius 2 is 1.15 bits per heavy atom. The van der Waals surface area contributed by atoms with Crippen molar-refractivity contribution in [3.05, 3.63) is 11.6 Å². The zero-order valence-corrected chi connectivity index (χ0v) is 40.1. The lowest BCUT2D eigenvalue weighted by molar-refractivity contribution is -0.382. The molecule has 4 unspecified atom stereocenters. The molecule has 3 saturated heterocycles. The van der Waals surface area contributed by atoms with Gasteiger partial charge in [-0.25, -0.2) is 0 Å². The average molecular weight is 979 g/mol. The molecule has 0 aromatic carbocycles. The van der Waals surface area contributed by atoms with Gasteiger partial charge >= 0.3 is 0 Å².